The normalized spacial score (nSPS) is 11.8. The maximum atomic E-state index is 11.4. The van der Waals surface area contributed by atoms with E-state index in [0.717, 1.165) is 0 Å². The largest absolute Gasteiger partial charge is 0.451 e. The van der Waals surface area contributed by atoms with E-state index in [1.165, 1.54) is 6.92 Å². The number of halogens is 1. The minimum absolute atomic E-state index is 0.0160. The van der Waals surface area contributed by atoms with Crippen molar-refractivity contribution in [3.8, 4) is 9.85 Å². The molecule has 0 aliphatic rings. The van der Waals surface area contributed by atoms with Crippen LogP contribution in [0.15, 0.2) is 0 Å². The first-order chi connectivity index (χ1) is 7.76. The fourth-order valence-corrected chi connectivity index (χ4v) is 0.958. The number of esters is 1. The molecule has 0 aliphatic heterocycles. The number of hydrogen-bond acceptors (Lipinski definition) is 4. The maximum Gasteiger partial charge on any atom is 0.408 e. The summed E-state index contributed by atoms with van der Waals surface area (Å²) in [5, 5.41) is 2.38. The van der Waals surface area contributed by atoms with Crippen molar-refractivity contribution >= 4 is 34.7 Å². The molecule has 0 aliphatic carbocycles. The molecule has 0 spiro atoms. The van der Waals surface area contributed by atoms with Crippen molar-refractivity contribution in [1.82, 2.24) is 5.32 Å². The summed E-state index contributed by atoms with van der Waals surface area (Å²) in [6, 6.07) is -0.763. The van der Waals surface area contributed by atoms with Crippen LogP contribution in [0.1, 0.15) is 27.7 Å². The Kier molecular flexibility index (Phi) is 6.95. The van der Waals surface area contributed by atoms with Crippen molar-refractivity contribution in [1.29, 1.82) is 0 Å². The number of alkyl carbamates (subject to hydrolysis) is 1. The summed E-state index contributed by atoms with van der Waals surface area (Å²) < 4.78 is 12.3. The highest BCUT2D eigenvalue weighted by Gasteiger charge is 2.21. The minimum atomic E-state index is -0.763. The lowest BCUT2D eigenvalue weighted by Gasteiger charge is -2.21. The van der Waals surface area contributed by atoms with Crippen molar-refractivity contribution in [2.75, 3.05) is 6.61 Å². The van der Waals surface area contributed by atoms with Gasteiger partial charge in [0.1, 0.15) is 11.6 Å². The van der Waals surface area contributed by atoms with Crippen molar-refractivity contribution in [3.63, 3.8) is 0 Å². The first kappa shape index (κ1) is 16.0. The number of rotatable bonds is 3. The molecule has 0 aromatic heterocycles. The van der Waals surface area contributed by atoms with Crippen LogP contribution >= 0.6 is 22.6 Å². The van der Waals surface area contributed by atoms with Gasteiger partial charge >= 0.3 is 12.1 Å². The summed E-state index contributed by atoms with van der Waals surface area (Å²) in [5.74, 6) is 2.03. The Morgan fingerprint density at radius 1 is 1.41 bits per heavy atom. The zero-order chi connectivity index (χ0) is 13.5. The lowest BCUT2D eigenvalue weighted by Crippen LogP contribution is -2.42. The van der Waals surface area contributed by atoms with Crippen LogP contribution < -0.4 is 5.32 Å². The molecule has 0 rings (SSSR count). The molecule has 0 heterocycles. The fraction of sp³-hybridized carbons (Fsp3) is 0.636. The molecule has 6 heteroatoms. The average molecular weight is 353 g/mol. The van der Waals surface area contributed by atoms with Gasteiger partial charge in [-0.2, -0.15) is 0 Å². The lowest BCUT2D eigenvalue weighted by atomic mass is 10.2. The van der Waals surface area contributed by atoms with Crippen LogP contribution in [0.5, 0.6) is 0 Å². The van der Waals surface area contributed by atoms with Gasteiger partial charge in [0.2, 0.25) is 0 Å². The number of carbonyl (C=O) groups is 2. The van der Waals surface area contributed by atoms with E-state index in [1.54, 1.807) is 20.8 Å². The van der Waals surface area contributed by atoms with Crippen LogP contribution in [0.3, 0.4) is 0 Å². The zero-order valence-corrected chi connectivity index (χ0v) is 12.5. The summed E-state index contributed by atoms with van der Waals surface area (Å²) in [4.78, 5) is 22.7. The molecule has 0 unspecified atom stereocenters. The summed E-state index contributed by atoms with van der Waals surface area (Å²) >= 11 is 1.84. The molecule has 0 fully saturated rings. The van der Waals surface area contributed by atoms with E-state index in [0.29, 0.717) is 0 Å². The summed E-state index contributed by atoms with van der Waals surface area (Å²) in [5.41, 5.74) is -0.597. The number of carbonyl (C=O) groups excluding carboxylic acids is 2. The van der Waals surface area contributed by atoms with E-state index < -0.39 is 23.7 Å². The van der Waals surface area contributed by atoms with Gasteiger partial charge in [-0.1, -0.05) is 5.92 Å². The fourth-order valence-electron chi connectivity index (χ4n) is 0.803. The monoisotopic (exact) mass is 353 g/mol. The molecule has 1 N–H and O–H groups in total. The summed E-state index contributed by atoms with van der Waals surface area (Å²) in [6.07, 6.45) is -0.651. The smallest absolute Gasteiger partial charge is 0.408 e. The van der Waals surface area contributed by atoms with Gasteiger partial charge < -0.3 is 14.8 Å². The molecule has 96 valence electrons. The molecule has 0 radical (unpaired) electrons. The van der Waals surface area contributed by atoms with Crippen LogP contribution in [-0.4, -0.2) is 30.3 Å². The zero-order valence-electron chi connectivity index (χ0n) is 10.3. The van der Waals surface area contributed by atoms with Gasteiger partial charge in [0, 0.05) is 22.6 Å². The third kappa shape index (κ3) is 8.80. The second-order valence-corrected chi connectivity index (χ2v) is 4.79. The van der Waals surface area contributed by atoms with E-state index in [-0.39, 0.29) is 6.61 Å². The van der Waals surface area contributed by atoms with Gasteiger partial charge in [-0.05, 0) is 31.6 Å². The molecule has 0 bridgehead atoms. The number of ether oxygens (including phenoxy) is 2. The van der Waals surface area contributed by atoms with Gasteiger partial charge in [-0.25, -0.2) is 9.59 Å². The molecule has 5 nitrogen and oxygen atoms in total. The van der Waals surface area contributed by atoms with Crippen LogP contribution in [0, 0.1) is 9.85 Å². The van der Waals surface area contributed by atoms with Crippen LogP contribution in [0.25, 0.3) is 0 Å². The molecule has 17 heavy (non-hydrogen) atoms. The highest BCUT2D eigenvalue weighted by atomic mass is 127. The van der Waals surface area contributed by atoms with Crippen molar-refractivity contribution in [3.05, 3.63) is 0 Å². The molecule has 1 amide bonds. The predicted octanol–water partition coefficient (Wildman–Crippen LogP) is 1.84. The van der Waals surface area contributed by atoms with Crippen molar-refractivity contribution in [2.24, 2.45) is 0 Å². The third-order valence-electron chi connectivity index (χ3n) is 1.44. The van der Waals surface area contributed by atoms with E-state index in [2.05, 4.69) is 15.2 Å². The Bertz CT molecular complexity index is 338. The third-order valence-corrected chi connectivity index (χ3v) is 1.82. The first-order valence-corrected chi connectivity index (χ1v) is 6.09. The Morgan fingerprint density at radius 2 is 2.00 bits per heavy atom. The van der Waals surface area contributed by atoms with Crippen molar-refractivity contribution in [2.45, 2.75) is 39.3 Å². The first-order valence-electron chi connectivity index (χ1n) is 5.01. The Hall–Kier alpha value is -0.970. The van der Waals surface area contributed by atoms with E-state index >= 15 is 0 Å². The number of nitrogens with one attached hydrogen (secondary N) is 1. The van der Waals surface area contributed by atoms with Gasteiger partial charge in [-0.3, -0.25) is 0 Å². The Balaban J connectivity index is 4.06. The SMILES string of the molecule is C[C@@H](NC(=O)OC(C)(C)C)C(=O)OCC#CI. The van der Waals surface area contributed by atoms with Gasteiger partial charge in [0.05, 0.1) is 0 Å². The van der Waals surface area contributed by atoms with Crippen molar-refractivity contribution < 1.29 is 19.1 Å². The van der Waals surface area contributed by atoms with Gasteiger partial charge in [-0.15, -0.1) is 0 Å². The minimum Gasteiger partial charge on any atom is -0.451 e. The molecular weight excluding hydrogens is 337 g/mol. The lowest BCUT2D eigenvalue weighted by molar-refractivity contribution is -0.144. The summed E-state index contributed by atoms with van der Waals surface area (Å²) in [7, 11) is 0. The van der Waals surface area contributed by atoms with Crippen LogP contribution in [0.2, 0.25) is 0 Å². The molecule has 1 atom stereocenters. The molecular formula is C11H16INO4. The molecule has 0 aromatic carbocycles. The topological polar surface area (TPSA) is 64.6 Å². The van der Waals surface area contributed by atoms with Crippen LogP contribution in [0.4, 0.5) is 4.79 Å². The predicted molar refractivity (Wildman–Crippen MR) is 71.6 cm³/mol. The highest BCUT2D eigenvalue weighted by Crippen LogP contribution is 2.06. The summed E-state index contributed by atoms with van der Waals surface area (Å²) in [6.45, 7) is 6.76. The second kappa shape index (κ2) is 7.37. The Labute approximate surface area is 115 Å². The quantitative estimate of drug-likeness (QED) is 0.478. The molecule has 0 aromatic rings. The van der Waals surface area contributed by atoms with Gasteiger partial charge in [0.25, 0.3) is 0 Å². The van der Waals surface area contributed by atoms with E-state index in [9.17, 15) is 9.59 Å². The van der Waals surface area contributed by atoms with E-state index in [4.69, 9.17) is 9.47 Å². The van der Waals surface area contributed by atoms with Crippen LogP contribution in [-0.2, 0) is 14.3 Å². The number of amides is 1. The Morgan fingerprint density at radius 3 is 2.47 bits per heavy atom. The van der Waals surface area contributed by atoms with Gasteiger partial charge in [0.15, 0.2) is 6.61 Å². The molecule has 0 saturated heterocycles. The highest BCUT2D eigenvalue weighted by molar-refractivity contribution is 14.1. The number of hydrogen-bond donors (Lipinski definition) is 1. The molecule has 0 saturated carbocycles. The van der Waals surface area contributed by atoms with E-state index in [1.807, 2.05) is 22.6 Å². The second-order valence-electron chi connectivity index (χ2n) is 4.25. The standard InChI is InChI=1S/C11H16INO4/c1-8(9(14)16-7-5-6-12)13-10(15)17-11(2,3)4/h8H,7H2,1-4H3,(H,13,15)/t8-/m1/s1. The average Bonchev–Trinajstić information content (AvgIpc) is 2.14. The maximum absolute atomic E-state index is 11.4.